The van der Waals surface area contributed by atoms with E-state index in [-0.39, 0.29) is 84.5 Å². The number of aromatic nitrogens is 4. The standard InChI is InChI=1S/C21H27N5O2.C17H20N6O.2C2H6.2C2H5.CH4.H2O9.H2O8.2W/c1-13(2)14(3)21(28)25-11-7-10-16(12-25)26-19(22)17(20(23)27)18(24-26)15-8-5-4-6-9-15;18-8-10-22-9-4-7-13(11-22)23-16(19)14(17(20)24)15(21-23)12-5-2-1-3-6-12;4*1-2;;1-3-5-7-9-8-6-4-2;1-3-5-7-8-6-4-2;;/h4-6,8-9,16H,7,10-12,22H2,1-3H3,(H2,23,27);1-3,5-6,13H,4,7,9-11,19H2,(H2,20,24);2*1-2H3;2*1H2,2H3;1H4;1-2H;1-2H;;/q;;;;2*-1;;;;;. The van der Waals surface area contributed by atoms with Gasteiger partial charge in [-0.05, 0) is 118 Å². The summed E-state index contributed by atoms with van der Waals surface area (Å²) in [6.45, 7) is 26.9. The van der Waals surface area contributed by atoms with Crippen LogP contribution in [-0.4, -0.2) is 101 Å². The average molecular weight is 1480 g/mol. The summed E-state index contributed by atoms with van der Waals surface area (Å²) in [4.78, 5) is 40.6. The average Bonchev–Trinajstić information content (AvgIpc) is 4.02. The number of carbonyl (C=O) groups is 3. The van der Waals surface area contributed by atoms with Crippen molar-refractivity contribution in [2.75, 3.05) is 44.2 Å². The van der Waals surface area contributed by atoms with Gasteiger partial charge in [-0.25, -0.2) is 30.4 Å². The van der Waals surface area contributed by atoms with E-state index in [0.717, 1.165) is 54.5 Å². The van der Waals surface area contributed by atoms with Crippen LogP contribution in [0.2, 0.25) is 0 Å². The van der Waals surface area contributed by atoms with Gasteiger partial charge in [0, 0.05) is 78.5 Å². The van der Waals surface area contributed by atoms with E-state index in [4.69, 9.17) is 49.2 Å². The largest absolute Gasteiger partial charge is 0.383 e. The Labute approximate surface area is 493 Å². The minimum absolute atomic E-state index is 0. The number of nitrogens with zero attached hydrogens (tertiary/aromatic N) is 7. The molecular weight excluding hydrogens is 1410 g/mol. The molecule has 2 aromatic carbocycles. The van der Waals surface area contributed by atoms with Crippen LogP contribution < -0.4 is 22.9 Å². The first-order chi connectivity index (χ1) is 37.2. The second-order valence-electron chi connectivity index (χ2n) is 14.3. The van der Waals surface area contributed by atoms with Crippen LogP contribution in [0.1, 0.15) is 128 Å². The van der Waals surface area contributed by atoms with E-state index in [1.807, 2.05) is 114 Å². The molecule has 4 heterocycles. The summed E-state index contributed by atoms with van der Waals surface area (Å²) >= 11 is 0. The summed E-state index contributed by atoms with van der Waals surface area (Å²) in [7, 11) is 0. The van der Waals surface area contributed by atoms with Crippen molar-refractivity contribution in [2.45, 2.75) is 108 Å². The van der Waals surface area contributed by atoms with Gasteiger partial charge in [0.15, 0.2) is 0 Å². The van der Waals surface area contributed by atoms with Crippen LogP contribution >= 0.6 is 0 Å². The first-order valence-electron chi connectivity index (χ1n) is 23.4. The molecule has 454 valence electrons. The van der Waals surface area contributed by atoms with Gasteiger partial charge >= 0.3 is 0 Å². The molecule has 80 heavy (non-hydrogen) atoms. The predicted molar refractivity (Wildman–Crippen MR) is 277 cm³/mol. The van der Waals surface area contributed by atoms with Crippen molar-refractivity contribution in [1.82, 2.24) is 29.4 Å². The fraction of sp³-hybridized carbons (Fsp3) is 0.447. The minimum Gasteiger partial charge on any atom is -0.383 e. The maximum absolute atomic E-state index is 12.7. The maximum atomic E-state index is 12.7. The van der Waals surface area contributed by atoms with E-state index in [9.17, 15) is 14.4 Å². The number of nitrogens with two attached hydrogens (primary N) is 4. The Hall–Kier alpha value is -5.24. The van der Waals surface area contributed by atoms with Gasteiger partial charge in [-0.3, -0.25) is 19.3 Å². The van der Waals surface area contributed by atoms with Crippen molar-refractivity contribution in [2.24, 2.45) is 11.5 Å². The van der Waals surface area contributed by atoms with Crippen LogP contribution in [0, 0.1) is 25.2 Å². The van der Waals surface area contributed by atoms with Crippen molar-refractivity contribution in [3.63, 3.8) is 0 Å². The molecule has 0 radical (unpaired) electrons. The van der Waals surface area contributed by atoms with Gasteiger partial charge in [0.05, 0.1) is 24.7 Å². The Morgan fingerprint density at radius 3 is 1.27 bits per heavy atom. The fourth-order valence-corrected chi connectivity index (χ4v) is 6.90. The number of hydrogen-bond acceptors (Lipinski definition) is 26. The van der Waals surface area contributed by atoms with Crippen LogP contribution in [-0.2, 0) is 112 Å². The number of amides is 3. The summed E-state index contributed by atoms with van der Waals surface area (Å²) < 4.78 is 3.37. The van der Waals surface area contributed by atoms with Gasteiger partial charge in [-0.1, -0.05) is 101 Å². The zero-order valence-corrected chi connectivity index (χ0v) is 51.2. The third kappa shape index (κ3) is 29.5. The number of likely N-dealkylation sites (tertiary alicyclic amines) is 2. The molecule has 0 bridgehead atoms. The summed E-state index contributed by atoms with van der Waals surface area (Å²) in [5.74, 6) is -0.599. The number of primary amides is 2. The maximum Gasteiger partial charge on any atom is 0.254 e. The predicted octanol–water partition coefficient (Wildman–Crippen LogP) is 7.65. The van der Waals surface area contributed by atoms with Crippen LogP contribution in [0.5, 0.6) is 0 Å². The molecule has 2 unspecified atom stereocenters. The molecule has 2 atom stereocenters. The molecule has 6 rings (SSSR count). The first-order valence-corrected chi connectivity index (χ1v) is 23.4. The number of nitriles is 1. The van der Waals surface area contributed by atoms with Crippen LogP contribution in [0.4, 0.5) is 11.6 Å². The van der Waals surface area contributed by atoms with Crippen molar-refractivity contribution in [1.29, 1.82) is 5.26 Å². The smallest absolute Gasteiger partial charge is 0.254 e. The fourth-order valence-electron chi connectivity index (χ4n) is 6.90. The van der Waals surface area contributed by atoms with E-state index in [1.54, 1.807) is 23.2 Å². The molecule has 2 aliphatic heterocycles. The molecule has 0 spiro atoms. The number of hydrogen-bond donors (Lipinski definition) is 8. The number of carbonyl (C=O) groups excluding carboxylic acids is 3. The van der Waals surface area contributed by atoms with E-state index >= 15 is 0 Å². The molecule has 4 aromatic rings. The monoisotopic (exact) mass is 1480 g/mol. The topological polar surface area (TPSA) is 422 Å². The Bertz CT molecular complexity index is 2270. The van der Waals surface area contributed by atoms with Gasteiger partial charge in [0.2, 0.25) is 5.91 Å². The summed E-state index contributed by atoms with van der Waals surface area (Å²) in [6.07, 6.45) is 3.53. The SMILES string of the molecule is C.CC.CC.CC(C)=C(C)C(=O)N1CCCC(n2nc(-c3ccccc3)c(C(N)=O)c2N)C1.N#CCN1CCCC(n2nc(-c3ccccc3)c(C(N)=O)c2N)C1.OOOOOOOO.OOOOOOOOO.[CH2-]C.[CH2-]C.[W].[W]. The van der Waals surface area contributed by atoms with Crippen molar-refractivity contribution >= 4 is 29.4 Å². The Balaban J connectivity index is -0.000000326. The van der Waals surface area contributed by atoms with Gasteiger partial charge in [0.1, 0.15) is 34.2 Å². The molecule has 12 N–H and O–H groups in total. The Kier molecular flexibility index (Phi) is 54.2. The number of rotatable bonds is 19. The third-order valence-corrected chi connectivity index (χ3v) is 10.0. The number of benzene rings is 2. The molecule has 2 fully saturated rings. The van der Waals surface area contributed by atoms with Crippen molar-refractivity contribution in [3.8, 4) is 28.6 Å². The Morgan fingerprint density at radius 1 is 0.613 bits per heavy atom. The minimum atomic E-state index is -0.605. The van der Waals surface area contributed by atoms with E-state index in [2.05, 4.69) is 101 Å². The van der Waals surface area contributed by atoms with E-state index in [1.165, 1.54) is 0 Å². The first kappa shape index (κ1) is 83.6. The summed E-state index contributed by atoms with van der Waals surface area (Å²) in [5.41, 5.74) is 28.5. The van der Waals surface area contributed by atoms with E-state index < -0.39 is 11.8 Å². The molecule has 0 saturated carbocycles. The van der Waals surface area contributed by atoms with Crippen LogP contribution in [0.15, 0.2) is 71.8 Å². The van der Waals surface area contributed by atoms with Gasteiger partial charge in [-0.2, -0.15) is 29.3 Å². The number of anilines is 2. The number of allylic oxidation sites excluding steroid dienone is 1. The summed E-state index contributed by atoms with van der Waals surface area (Å²) in [5, 5.41) is 87.6. The molecule has 0 aliphatic carbocycles. The Morgan fingerprint density at radius 2 is 0.950 bits per heavy atom. The molecule has 31 nitrogen and oxygen atoms in total. The molecule has 33 heteroatoms. The van der Waals surface area contributed by atoms with Gasteiger partial charge < -0.3 is 41.7 Å². The molecule has 2 aromatic heterocycles. The van der Waals surface area contributed by atoms with Crippen molar-refractivity contribution < 1.29 is 143 Å². The normalized spacial score (nSPS) is 13.7. The molecule has 2 aliphatic rings. The molecule has 2 saturated heterocycles. The second-order valence-corrected chi connectivity index (χ2v) is 14.3. The number of piperidine rings is 2. The van der Waals surface area contributed by atoms with Gasteiger partial charge in [0.25, 0.3) is 11.8 Å². The zero-order valence-electron chi connectivity index (χ0n) is 45.3. The summed E-state index contributed by atoms with van der Waals surface area (Å²) in [6, 6.07) is 20.9. The molecule has 3 amide bonds. The van der Waals surface area contributed by atoms with Crippen LogP contribution in [0.3, 0.4) is 0 Å². The van der Waals surface area contributed by atoms with Gasteiger partial charge in [-0.15, -0.1) is 0 Å². The van der Waals surface area contributed by atoms with Crippen molar-refractivity contribution in [3.05, 3.63) is 96.8 Å². The zero-order chi connectivity index (χ0) is 58.7. The quantitative estimate of drug-likeness (QED) is 0.0111. The number of nitrogen functional groups attached to an aromatic ring is 2. The van der Waals surface area contributed by atoms with E-state index in [0.29, 0.717) is 43.4 Å². The van der Waals surface area contributed by atoms with Crippen LogP contribution in [0.25, 0.3) is 22.5 Å². The third-order valence-electron chi connectivity index (χ3n) is 10.0. The second kappa shape index (κ2) is 51.9. The molecular formula is C47H77N11O20W2-2.